The van der Waals surface area contributed by atoms with Gasteiger partial charge in [-0.25, -0.2) is 14.7 Å². The molecule has 3 aliphatic heterocycles. The number of amides is 6. The molecule has 1 unspecified atom stereocenters. The first kappa shape index (κ1) is 32.5. The normalized spacial score (nSPS) is 18.4. The van der Waals surface area contributed by atoms with Crippen LogP contribution in [0, 0.1) is 37.0 Å². The zero-order chi connectivity index (χ0) is 37.3. The molecule has 0 fully saturated rings. The summed E-state index contributed by atoms with van der Waals surface area (Å²) in [5, 5.41) is 0. The highest BCUT2D eigenvalue weighted by Gasteiger charge is 2.44. The molecule has 0 saturated heterocycles. The van der Waals surface area contributed by atoms with Gasteiger partial charge in [-0.2, -0.15) is 0 Å². The lowest BCUT2D eigenvalue weighted by Gasteiger charge is -2.31. The third kappa shape index (κ3) is 4.88. The molecule has 10 heteroatoms. The summed E-state index contributed by atoms with van der Waals surface area (Å²) in [5.74, 6) is 3.83. The Labute approximate surface area is 302 Å². The van der Waals surface area contributed by atoms with Crippen LogP contribution in [0.5, 0.6) is 5.75 Å². The minimum Gasteiger partial charge on any atom is -0.483 e. The molecule has 6 amide bonds. The number of ether oxygens (including phenoxy) is 1. The van der Waals surface area contributed by atoms with Crippen LogP contribution in [-0.4, -0.2) is 45.9 Å². The van der Waals surface area contributed by atoms with Crippen molar-refractivity contribution in [3.05, 3.63) is 147 Å². The Morgan fingerprint density at radius 1 is 0.547 bits per heavy atom. The van der Waals surface area contributed by atoms with E-state index < -0.39 is 41.0 Å². The van der Waals surface area contributed by atoms with Crippen LogP contribution in [0.2, 0.25) is 0 Å². The van der Waals surface area contributed by atoms with Crippen LogP contribution in [-0.2, 0) is 0 Å². The monoisotopic (exact) mass is 693 g/mol. The molecule has 3 heterocycles. The molecule has 4 aliphatic rings. The number of terminal acetylenes is 3. The van der Waals surface area contributed by atoms with Crippen molar-refractivity contribution in [1.29, 1.82) is 0 Å². The molecule has 0 N–H and O–H groups in total. The Kier molecular flexibility index (Phi) is 7.15. The number of nitrogens with zero attached hydrogens (tertiary/aromatic N) is 3. The van der Waals surface area contributed by atoms with Crippen LogP contribution in [0.15, 0.2) is 96.7 Å². The molecule has 0 radical (unpaired) electrons. The van der Waals surface area contributed by atoms with E-state index in [0.717, 1.165) is 14.7 Å². The number of allylic oxidation sites excluding steroid dienone is 1. The molecule has 252 valence electrons. The summed E-state index contributed by atoms with van der Waals surface area (Å²) in [6.45, 7) is 1.77. The van der Waals surface area contributed by atoms with Gasteiger partial charge in [0.1, 0.15) is 11.4 Å². The number of hydrogen-bond donors (Lipinski definition) is 0. The Balaban J connectivity index is 1.14. The number of carbonyl (C=O) groups excluding carboxylic acids is 6. The van der Waals surface area contributed by atoms with Crippen LogP contribution in [0.25, 0.3) is 0 Å². The van der Waals surface area contributed by atoms with Crippen molar-refractivity contribution in [1.82, 2.24) is 4.90 Å². The van der Waals surface area contributed by atoms with E-state index in [0.29, 0.717) is 22.4 Å². The minimum absolute atomic E-state index is 0.0392. The SMILES string of the molecule is C#Cc1ccc2c(c1)C(=O)N(C1=CCC(C)(Oc3ccc(N4C(=O)c5ccc(C#C)cc5C4=O)c(N4C(=O)c5ccc(C#C)cc5C4=O)c3)C=C1)C2=O. The van der Waals surface area contributed by atoms with Gasteiger partial charge in [-0.05, 0) is 85.8 Å². The van der Waals surface area contributed by atoms with Gasteiger partial charge in [-0.1, -0.05) is 23.8 Å². The second kappa shape index (κ2) is 11.7. The zero-order valence-electron chi connectivity index (χ0n) is 27.8. The molecule has 0 saturated carbocycles. The molecular formula is C43H23N3O7. The molecular weight excluding hydrogens is 670 g/mol. The first-order chi connectivity index (χ1) is 25.5. The Morgan fingerprint density at radius 2 is 0.981 bits per heavy atom. The molecule has 0 aromatic heterocycles. The molecule has 0 spiro atoms. The molecule has 4 aromatic rings. The van der Waals surface area contributed by atoms with Crippen molar-refractivity contribution in [2.45, 2.75) is 18.9 Å². The van der Waals surface area contributed by atoms with E-state index in [2.05, 4.69) is 17.8 Å². The Bertz CT molecular complexity index is 2660. The third-order valence-corrected chi connectivity index (χ3v) is 9.52. The van der Waals surface area contributed by atoms with Gasteiger partial charge in [-0.3, -0.25) is 28.8 Å². The Morgan fingerprint density at radius 3 is 1.43 bits per heavy atom. The van der Waals surface area contributed by atoms with Crippen LogP contribution in [0.4, 0.5) is 11.4 Å². The van der Waals surface area contributed by atoms with E-state index in [-0.39, 0.29) is 56.9 Å². The average Bonchev–Trinajstić information content (AvgIpc) is 3.68. The lowest BCUT2D eigenvalue weighted by Crippen LogP contribution is -2.36. The molecule has 10 nitrogen and oxygen atoms in total. The maximum atomic E-state index is 13.9. The van der Waals surface area contributed by atoms with Gasteiger partial charge in [0.25, 0.3) is 35.4 Å². The van der Waals surface area contributed by atoms with E-state index in [4.69, 9.17) is 24.0 Å². The number of rotatable bonds is 5. The van der Waals surface area contributed by atoms with E-state index in [1.807, 2.05) is 0 Å². The lowest BCUT2D eigenvalue weighted by atomic mass is 9.95. The average molecular weight is 694 g/mol. The standard InChI is InChI=1S/C43H23N3O7/c1-5-24-8-12-29-32(20-24)40(50)44(37(29)47)27-16-18-43(4,19-17-27)53-28-11-15-35(45-38(48)30-13-9-25(6-2)21-33(30)41(45)51)36(23-28)46-39(49)31-14-10-26(7-3)22-34(31)42(46)52/h1-3,8-18,20-23H,19H2,4H3. The summed E-state index contributed by atoms with van der Waals surface area (Å²) in [6.07, 6.45) is 21.8. The number of fused-ring (bicyclic) bond motifs is 3. The second-order valence-electron chi connectivity index (χ2n) is 12.8. The fourth-order valence-electron chi connectivity index (χ4n) is 6.81. The first-order valence-corrected chi connectivity index (χ1v) is 16.2. The highest BCUT2D eigenvalue weighted by atomic mass is 16.5. The Hall–Kier alpha value is -7.74. The molecule has 53 heavy (non-hydrogen) atoms. The van der Waals surface area contributed by atoms with E-state index in [9.17, 15) is 28.8 Å². The van der Waals surface area contributed by atoms with Gasteiger partial charge in [0.2, 0.25) is 0 Å². The van der Waals surface area contributed by atoms with E-state index >= 15 is 0 Å². The fourth-order valence-corrected chi connectivity index (χ4v) is 6.81. The quantitative estimate of drug-likeness (QED) is 0.200. The van der Waals surface area contributed by atoms with Crippen LogP contribution >= 0.6 is 0 Å². The fraction of sp³-hybridized carbons (Fsp3) is 0.0698. The summed E-state index contributed by atoms with van der Waals surface area (Å²) in [6, 6.07) is 17.8. The predicted molar refractivity (Wildman–Crippen MR) is 193 cm³/mol. The van der Waals surface area contributed by atoms with Crippen molar-refractivity contribution in [3.8, 4) is 42.8 Å². The van der Waals surface area contributed by atoms with Gasteiger partial charge >= 0.3 is 0 Å². The number of carbonyl (C=O) groups is 6. The third-order valence-electron chi connectivity index (χ3n) is 9.52. The molecule has 8 rings (SSSR count). The highest BCUT2D eigenvalue weighted by molar-refractivity contribution is 6.39. The van der Waals surface area contributed by atoms with Gasteiger partial charge in [0, 0.05) is 34.9 Å². The number of anilines is 2. The van der Waals surface area contributed by atoms with Crippen molar-refractivity contribution < 1.29 is 33.5 Å². The van der Waals surface area contributed by atoms with Gasteiger partial charge in [0.05, 0.1) is 44.8 Å². The molecule has 0 bridgehead atoms. The summed E-state index contributed by atoms with van der Waals surface area (Å²) in [5.41, 5.74) is 1.26. The maximum Gasteiger partial charge on any atom is 0.266 e. The summed E-state index contributed by atoms with van der Waals surface area (Å²) >= 11 is 0. The summed E-state index contributed by atoms with van der Waals surface area (Å²) < 4.78 is 6.42. The van der Waals surface area contributed by atoms with Crippen molar-refractivity contribution in [3.63, 3.8) is 0 Å². The van der Waals surface area contributed by atoms with Gasteiger partial charge in [-0.15, -0.1) is 19.3 Å². The molecule has 1 aliphatic carbocycles. The van der Waals surface area contributed by atoms with Crippen molar-refractivity contribution in [2.24, 2.45) is 0 Å². The molecule has 1 atom stereocenters. The summed E-state index contributed by atoms with van der Waals surface area (Å²) in [7, 11) is 0. The van der Waals surface area contributed by atoms with Crippen molar-refractivity contribution in [2.75, 3.05) is 9.80 Å². The molecule has 4 aromatic carbocycles. The van der Waals surface area contributed by atoms with Gasteiger partial charge < -0.3 is 4.74 Å². The van der Waals surface area contributed by atoms with Crippen LogP contribution in [0.3, 0.4) is 0 Å². The number of hydrogen-bond acceptors (Lipinski definition) is 7. The van der Waals surface area contributed by atoms with E-state index in [1.54, 1.807) is 37.3 Å². The predicted octanol–water partition coefficient (Wildman–Crippen LogP) is 5.51. The zero-order valence-corrected chi connectivity index (χ0v) is 27.8. The van der Waals surface area contributed by atoms with Crippen molar-refractivity contribution >= 4 is 46.8 Å². The summed E-state index contributed by atoms with van der Waals surface area (Å²) in [4.78, 5) is 84.6. The van der Waals surface area contributed by atoms with E-state index in [1.165, 1.54) is 60.7 Å². The smallest absolute Gasteiger partial charge is 0.266 e. The lowest BCUT2D eigenvalue weighted by molar-refractivity contribution is 0.0701. The van der Waals surface area contributed by atoms with Gasteiger partial charge in [0.15, 0.2) is 0 Å². The number of benzene rings is 4. The first-order valence-electron chi connectivity index (χ1n) is 16.2. The van der Waals surface area contributed by atoms with Crippen LogP contribution < -0.4 is 14.5 Å². The highest BCUT2D eigenvalue weighted by Crippen LogP contribution is 2.43. The maximum absolute atomic E-state index is 13.9. The van der Waals surface area contributed by atoms with Crippen LogP contribution in [0.1, 0.15) is 92.2 Å². The topological polar surface area (TPSA) is 121 Å². The minimum atomic E-state index is -1.04. The number of imide groups is 3. The largest absolute Gasteiger partial charge is 0.483 e. The second-order valence-corrected chi connectivity index (χ2v) is 12.8.